The van der Waals surface area contributed by atoms with Crippen molar-refractivity contribution in [2.24, 2.45) is 0 Å². The number of aromatic nitrogens is 3. The summed E-state index contributed by atoms with van der Waals surface area (Å²) in [5.41, 5.74) is 2.35. The van der Waals surface area contributed by atoms with Gasteiger partial charge in [-0.2, -0.15) is 5.10 Å². The third kappa shape index (κ3) is 1.39. The molecule has 0 fully saturated rings. The van der Waals surface area contributed by atoms with Gasteiger partial charge in [0.25, 0.3) is 0 Å². The predicted octanol–water partition coefficient (Wildman–Crippen LogP) is 1.49. The Balaban J connectivity index is 2.59. The number of Topliss-reactive ketones (excluding diaryl/α,β-unsaturated/α-hetero) is 1. The van der Waals surface area contributed by atoms with Gasteiger partial charge in [-0.05, 0) is 13.3 Å². The Morgan fingerprint density at radius 1 is 1.57 bits per heavy atom. The molecule has 0 saturated heterocycles. The Hall–Kier alpha value is -1.71. The molecule has 72 valence electrons. The standard InChI is InChI=1S/C10H11N3O/c1-3-9-4-10-11-5-8(7(2)14)6-13(10)12-9/h4-6H,3H2,1-2H3. The molecule has 4 heteroatoms. The molecule has 0 aliphatic rings. The van der Waals surface area contributed by atoms with Crippen molar-refractivity contribution < 1.29 is 4.79 Å². The molecule has 0 aromatic carbocycles. The summed E-state index contributed by atoms with van der Waals surface area (Å²) in [6.45, 7) is 3.56. The van der Waals surface area contributed by atoms with Gasteiger partial charge in [0, 0.05) is 18.5 Å². The van der Waals surface area contributed by atoms with E-state index in [9.17, 15) is 4.79 Å². The monoisotopic (exact) mass is 189 g/mol. The smallest absolute Gasteiger partial charge is 0.162 e. The minimum atomic E-state index is 0.00736. The van der Waals surface area contributed by atoms with Crippen LogP contribution in [0.2, 0.25) is 0 Å². The third-order valence-electron chi connectivity index (χ3n) is 2.13. The van der Waals surface area contributed by atoms with E-state index in [1.165, 1.54) is 6.92 Å². The number of ketones is 1. The van der Waals surface area contributed by atoms with E-state index in [2.05, 4.69) is 10.1 Å². The van der Waals surface area contributed by atoms with Crippen molar-refractivity contribution in [3.8, 4) is 0 Å². The van der Waals surface area contributed by atoms with Gasteiger partial charge in [0.2, 0.25) is 0 Å². The summed E-state index contributed by atoms with van der Waals surface area (Å²) < 4.78 is 1.65. The molecule has 0 bridgehead atoms. The van der Waals surface area contributed by atoms with Crippen molar-refractivity contribution in [1.29, 1.82) is 0 Å². The highest BCUT2D eigenvalue weighted by Gasteiger charge is 2.04. The first-order chi connectivity index (χ1) is 6.70. The average Bonchev–Trinajstić information content (AvgIpc) is 2.58. The van der Waals surface area contributed by atoms with E-state index in [1.54, 1.807) is 16.9 Å². The molecule has 2 aromatic rings. The van der Waals surface area contributed by atoms with Crippen LogP contribution in [0.4, 0.5) is 0 Å². The fourth-order valence-electron chi connectivity index (χ4n) is 1.28. The van der Waals surface area contributed by atoms with Crippen LogP contribution in [-0.4, -0.2) is 20.4 Å². The summed E-state index contributed by atoms with van der Waals surface area (Å²) in [5.74, 6) is 0.00736. The van der Waals surface area contributed by atoms with Crippen LogP contribution in [0.3, 0.4) is 0 Å². The highest BCUT2D eigenvalue weighted by molar-refractivity contribution is 5.93. The van der Waals surface area contributed by atoms with E-state index in [1.807, 2.05) is 13.0 Å². The second kappa shape index (κ2) is 3.21. The molecule has 2 aromatic heterocycles. The molecule has 0 aliphatic carbocycles. The van der Waals surface area contributed by atoms with Crippen molar-refractivity contribution in [3.05, 3.63) is 29.7 Å². The number of nitrogens with zero attached hydrogens (tertiary/aromatic N) is 3. The Morgan fingerprint density at radius 2 is 2.36 bits per heavy atom. The summed E-state index contributed by atoms with van der Waals surface area (Å²) in [4.78, 5) is 15.2. The van der Waals surface area contributed by atoms with Crippen LogP contribution < -0.4 is 0 Å². The second-order valence-electron chi connectivity index (χ2n) is 3.19. The van der Waals surface area contributed by atoms with Crippen LogP contribution in [0, 0.1) is 0 Å². The van der Waals surface area contributed by atoms with Crippen LogP contribution in [0.5, 0.6) is 0 Å². The molecule has 0 N–H and O–H groups in total. The maximum atomic E-state index is 11.1. The maximum Gasteiger partial charge on any atom is 0.162 e. The number of hydrogen-bond acceptors (Lipinski definition) is 3. The molecule has 2 heterocycles. The van der Waals surface area contributed by atoms with E-state index in [0.717, 1.165) is 17.8 Å². The van der Waals surface area contributed by atoms with Gasteiger partial charge >= 0.3 is 0 Å². The van der Waals surface area contributed by atoms with Crippen molar-refractivity contribution in [2.45, 2.75) is 20.3 Å². The lowest BCUT2D eigenvalue weighted by molar-refractivity contribution is 0.101. The molecule has 14 heavy (non-hydrogen) atoms. The Morgan fingerprint density at radius 3 is 3.00 bits per heavy atom. The van der Waals surface area contributed by atoms with Crippen LogP contribution >= 0.6 is 0 Å². The number of carbonyl (C=O) groups is 1. The van der Waals surface area contributed by atoms with Crippen molar-refractivity contribution >= 4 is 11.4 Å². The molecule has 0 aliphatic heterocycles. The molecule has 0 radical (unpaired) electrons. The first-order valence-electron chi connectivity index (χ1n) is 4.56. The molecule has 4 nitrogen and oxygen atoms in total. The van der Waals surface area contributed by atoms with Gasteiger partial charge in [-0.25, -0.2) is 9.50 Å². The summed E-state index contributed by atoms with van der Waals surface area (Å²) in [6.07, 6.45) is 4.17. The van der Waals surface area contributed by atoms with E-state index in [0.29, 0.717) is 5.56 Å². The molecule has 0 atom stereocenters. The van der Waals surface area contributed by atoms with E-state index in [-0.39, 0.29) is 5.78 Å². The van der Waals surface area contributed by atoms with Crippen molar-refractivity contribution in [3.63, 3.8) is 0 Å². The molecule has 0 spiro atoms. The fourth-order valence-corrected chi connectivity index (χ4v) is 1.28. The first kappa shape index (κ1) is 8.87. The second-order valence-corrected chi connectivity index (χ2v) is 3.19. The van der Waals surface area contributed by atoms with Crippen molar-refractivity contribution in [2.75, 3.05) is 0 Å². The molecular formula is C10H11N3O. The first-order valence-corrected chi connectivity index (χ1v) is 4.56. The number of fused-ring (bicyclic) bond motifs is 1. The normalized spacial score (nSPS) is 10.7. The predicted molar refractivity (Wildman–Crippen MR) is 52.4 cm³/mol. The topological polar surface area (TPSA) is 47.3 Å². The van der Waals surface area contributed by atoms with Crippen molar-refractivity contribution in [1.82, 2.24) is 14.6 Å². The maximum absolute atomic E-state index is 11.1. The molecule has 2 rings (SSSR count). The van der Waals surface area contributed by atoms with Gasteiger partial charge in [-0.15, -0.1) is 0 Å². The lowest BCUT2D eigenvalue weighted by Crippen LogP contribution is -1.98. The molecular weight excluding hydrogens is 178 g/mol. The fraction of sp³-hybridized carbons (Fsp3) is 0.300. The highest BCUT2D eigenvalue weighted by atomic mass is 16.1. The number of rotatable bonds is 2. The highest BCUT2D eigenvalue weighted by Crippen LogP contribution is 2.06. The Bertz CT molecular complexity index is 487. The lowest BCUT2D eigenvalue weighted by atomic mass is 10.2. The summed E-state index contributed by atoms with van der Waals surface area (Å²) in [6, 6.07) is 1.92. The van der Waals surface area contributed by atoms with E-state index >= 15 is 0 Å². The molecule has 0 amide bonds. The Kier molecular flexibility index (Phi) is 2.04. The van der Waals surface area contributed by atoms with Gasteiger partial charge < -0.3 is 0 Å². The zero-order valence-electron chi connectivity index (χ0n) is 8.19. The SMILES string of the molecule is CCc1cc2ncc(C(C)=O)cn2n1. The summed E-state index contributed by atoms with van der Waals surface area (Å²) >= 11 is 0. The van der Waals surface area contributed by atoms with Crippen LogP contribution in [0.1, 0.15) is 29.9 Å². The number of hydrogen-bond donors (Lipinski definition) is 0. The van der Waals surface area contributed by atoms with Gasteiger partial charge in [-0.3, -0.25) is 4.79 Å². The lowest BCUT2D eigenvalue weighted by Gasteiger charge is -1.95. The molecule has 0 saturated carbocycles. The minimum absolute atomic E-state index is 0.00736. The van der Waals surface area contributed by atoms with Gasteiger partial charge in [0.1, 0.15) is 0 Å². The minimum Gasteiger partial charge on any atom is -0.294 e. The zero-order chi connectivity index (χ0) is 10.1. The van der Waals surface area contributed by atoms with Gasteiger partial charge in [-0.1, -0.05) is 6.92 Å². The number of aryl methyl sites for hydroxylation is 1. The largest absolute Gasteiger partial charge is 0.294 e. The Labute approximate surface area is 81.6 Å². The average molecular weight is 189 g/mol. The van der Waals surface area contributed by atoms with E-state index < -0.39 is 0 Å². The summed E-state index contributed by atoms with van der Waals surface area (Å²) in [7, 11) is 0. The zero-order valence-corrected chi connectivity index (χ0v) is 8.19. The van der Waals surface area contributed by atoms with Gasteiger partial charge in [0.05, 0.1) is 11.3 Å². The number of carbonyl (C=O) groups excluding carboxylic acids is 1. The van der Waals surface area contributed by atoms with Crippen LogP contribution in [-0.2, 0) is 6.42 Å². The van der Waals surface area contributed by atoms with Crippen LogP contribution in [0.15, 0.2) is 18.5 Å². The summed E-state index contributed by atoms with van der Waals surface area (Å²) in [5, 5.41) is 4.28. The third-order valence-corrected chi connectivity index (χ3v) is 2.13. The van der Waals surface area contributed by atoms with Crippen LogP contribution in [0.25, 0.3) is 5.65 Å². The molecule has 0 unspecified atom stereocenters. The van der Waals surface area contributed by atoms with E-state index in [4.69, 9.17) is 0 Å². The van der Waals surface area contributed by atoms with Gasteiger partial charge in [0.15, 0.2) is 11.4 Å². The quantitative estimate of drug-likeness (QED) is 0.672.